The zero-order valence-electron chi connectivity index (χ0n) is 29.6. The van der Waals surface area contributed by atoms with Gasteiger partial charge in [0.1, 0.15) is 22.9 Å². The molecule has 0 saturated carbocycles. The summed E-state index contributed by atoms with van der Waals surface area (Å²) in [6, 6.07) is 15.2. The molecule has 5 heterocycles. The van der Waals surface area contributed by atoms with Crippen LogP contribution < -0.4 is 10.6 Å². The van der Waals surface area contributed by atoms with E-state index in [9.17, 15) is 9.59 Å². The summed E-state index contributed by atoms with van der Waals surface area (Å²) < 4.78 is 11.4. The highest BCUT2D eigenvalue weighted by Gasteiger charge is 2.38. The Balaban J connectivity index is 1.04. The normalized spacial score (nSPS) is 22.2. The van der Waals surface area contributed by atoms with Crippen LogP contribution >= 0.6 is 0 Å². The fourth-order valence-electron chi connectivity index (χ4n) is 7.35. The van der Waals surface area contributed by atoms with Crippen LogP contribution in [0.15, 0.2) is 47.5 Å². The van der Waals surface area contributed by atoms with Crippen molar-refractivity contribution in [1.29, 1.82) is 0 Å². The number of H-pyrrole nitrogens is 1. The first-order valence-corrected chi connectivity index (χ1v) is 17.7. The minimum atomic E-state index is -0.543. The number of nitrogens with zero attached hydrogens (tertiary/aromatic N) is 4. The van der Waals surface area contributed by atoms with Crippen molar-refractivity contribution in [2.45, 2.75) is 110 Å². The first kappa shape index (κ1) is 33.1. The summed E-state index contributed by atoms with van der Waals surface area (Å²) in [7, 11) is 0. The number of aromatic amines is 1. The Morgan fingerprint density at radius 3 is 2.12 bits per heavy atom. The minimum Gasteiger partial charge on any atom is -0.444 e. The van der Waals surface area contributed by atoms with E-state index in [1.165, 1.54) is 11.1 Å². The number of carbonyl (C=O) groups excluding carboxylic acids is 2. The average Bonchev–Trinajstić information content (AvgIpc) is 3.85. The highest BCUT2D eigenvalue weighted by Crippen LogP contribution is 2.37. The summed E-state index contributed by atoms with van der Waals surface area (Å²) in [6.07, 6.45) is 3.05. The maximum atomic E-state index is 13.0. The lowest BCUT2D eigenvalue weighted by molar-refractivity contribution is 0.0216. The predicted octanol–water partition coefficient (Wildman–Crippen LogP) is 6.86. The van der Waals surface area contributed by atoms with Crippen LogP contribution in [0.1, 0.15) is 102 Å². The van der Waals surface area contributed by atoms with Gasteiger partial charge >= 0.3 is 12.2 Å². The number of fused-ring (bicyclic) bond motifs is 3. The zero-order chi connectivity index (χ0) is 34.5. The Hall–Kier alpha value is -4.38. The van der Waals surface area contributed by atoms with Gasteiger partial charge in [-0.3, -0.25) is 14.8 Å². The number of imidazole rings is 1. The number of ether oxygens (including phenoxy) is 2. The first-order valence-electron chi connectivity index (χ1n) is 17.7. The molecule has 0 bridgehead atoms. The number of aromatic nitrogens is 2. The lowest BCUT2D eigenvalue weighted by atomic mass is 9.96. The highest BCUT2D eigenvalue weighted by molar-refractivity contribution is 5.92. The summed E-state index contributed by atoms with van der Waals surface area (Å²) in [5.74, 6) is 1.70. The van der Waals surface area contributed by atoms with Crippen LogP contribution in [-0.4, -0.2) is 74.7 Å². The van der Waals surface area contributed by atoms with E-state index < -0.39 is 11.2 Å². The molecule has 260 valence electrons. The molecule has 2 fully saturated rings. The molecule has 4 aliphatic rings. The van der Waals surface area contributed by atoms with E-state index >= 15 is 0 Å². The number of amidine groups is 1. The molecule has 3 N–H and O–H groups in total. The number of amides is 2. The van der Waals surface area contributed by atoms with Gasteiger partial charge in [0, 0.05) is 31.7 Å². The van der Waals surface area contributed by atoms with Gasteiger partial charge in [0.05, 0.1) is 36.1 Å². The number of rotatable bonds is 4. The molecule has 2 saturated heterocycles. The largest absolute Gasteiger partial charge is 0.444 e. The second kappa shape index (κ2) is 12.8. The molecule has 11 nitrogen and oxygen atoms in total. The molecule has 2 aromatic carbocycles. The van der Waals surface area contributed by atoms with Crippen LogP contribution in [0, 0.1) is 0 Å². The second-order valence-corrected chi connectivity index (χ2v) is 15.6. The third-order valence-corrected chi connectivity index (χ3v) is 9.58. The summed E-state index contributed by atoms with van der Waals surface area (Å²) >= 11 is 0. The van der Waals surface area contributed by atoms with Gasteiger partial charge in [-0.2, -0.15) is 0 Å². The van der Waals surface area contributed by atoms with Crippen LogP contribution in [0.4, 0.5) is 9.59 Å². The van der Waals surface area contributed by atoms with Gasteiger partial charge in [0.2, 0.25) is 0 Å². The van der Waals surface area contributed by atoms with Crippen molar-refractivity contribution in [3.05, 3.63) is 65.1 Å². The van der Waals surface area contributed by atoms with Crippen molar-refractivity contribution in [3.8, 4) is 22.4 Å². The van der Waals surface area contributed by atoms with Gasteiger partial charge < -0.3 is 25.1 Å². The van der Waals surface area contributed by atoms with Gasteiger partial charge in [-0.05, 0) is 95.5 Å². The summed E-state index contributed by atoms with van der Waals surface area (Å²) in [6.45, 7) is 14.8. The maximum Gasteiger partial charge on any atom is 0.410 e. The Labute approximate surface area is 288 Å². The van der Waals surface area contributed by atoms with Crippen LogP contribution in [0.3, 0.4) is 0 Å². The molecule has 3 aromatic rings. The molecule has 3 atom stereocenters. The lowest BCUT2D eigenvalue weighted by Crippen LogP contribution is -2.46. The number of carbonyl (C=O) groups is 2. The minimum absolute atomic E-state index is 0.0690. The van der Waals surface area contributed by atoms with E-state index in [0.717, 1.165) is 72.0 Å². The first-order chi connectivity index (χ1) is 23.3. The number of benzene rings is 2. The molecule has 4 aliphatic heterocycles. The molecule has 2 amide bonds. The van der Waals surface area contributed by atoms with Gasteiger partial charge in [0.25, 0.3) is 0 Å². The topological polar surface area (TPSA) is 124 Å². The van der Waals surface area contributed by atoms with Crippen molar-refractivity contribution < 1.29 is 19.1 Å². The van der Waals surface area contributed by atoms with E-state index in [-0.39, 0.29) is 30.3 Å². The standard InChI is InChI=1S/C38H49N7O4/c1-37(2,3)48-35(46)44-17-7-9-30(44)33-40-22-28(41-33)24-13-11-23(12-14-24)25-15-16-27-26(19-25)20-39-21-29-32(27)43-34(42-29)31-10-8-18-45(31)36(47)49-38(4,5)6/h11-16,19,28,30-31,39H,7-10,17-18,20-22H2,1-6H3,(H,40,41)(H,42,43)/t28?,30-,31-/m0/s1. The fraction of sp³-hybridized carbons (Fsp3) is 0.526. The molecular weight excluding hydrogens is 618 g/mol. The number of hydrogen-bond acceptors (Lipinski definition) is 8. The summed E-state index contributed by atoms with van der Waals surface area (Å²) in [4.78, 5) is 42.9. The van der Waals surface area contributed by atoms with Crippen molar-refractivity contribution in [2.24, 2.45) is 4.99 Å². The number of hydrogen-bond donors (Lipinski definition) is 3. The average molecular weight is 668 g/mol. The van der Waals surface area contributed by atoms with E-state index in [1.54, 1.807) is 0 Å². The Morgan fingerprint density at radius 1 is 0.816 bits per heavy atom. The molecule has 7 rings (SSSR count). The molecular formula is C38H49N7O4. The molecule has 0 spiro atoms. The third kappa shape index (κ3) is 7.04. The molecule has 1 unspecified atom stereocenters. The Bertz CT molecular complexity index is 1750. The predicted molar refractivity (Wildman–Crippen MR) is 189 cm³/mol. The fourth-order valence-corrected chi connectivity index (χ4v) is 7.35. The zero-order valence-corrected chi connectivity index (χ0v) is 29.6. The summed E-state index contributed by atoms with van der Waals surface area (Å²) in [5, 5.41) is 7.18. The van der Waals surface area contributed by atoms with Gasteiger partial charge in [0.15, 0.2) is 0 Å². The second-order valence-electron chi connectivity index (χ2n) is 15.6. The van der Waals surface area contributed by atoms with Crippen LogP contribution in [0.2, 0.25) is 0 Å². The van der Waals surface area contributed by atoms with Crippen LogP contribution in [-0.2, 0) is 22.6 Å². The molecule has 0 radical (unpaired) electrons. The number of likely N-dealkylation sites (tertiary alicyclic amines) is 2. The van der Waals surface area contributed by atoms with Crippen LogP contribution in [0.25, 0.3) is 22.4 Å². The third-order valence-electron chi connectivity index (χ3n) is 9.58. The van der Waals surface area contributed by atoms with Gasteiger partial charge in [-0.1, -0.05) is 36.4 Å². The van der Waals surface area contributed by atoms with E-state index in [0.29, 0.717) is 26.2 Å². The molecule has 49 heavy (non-hydrogen) atoms. The lowest BCUT2D eigenvalue weighted by Gasteiger charge is -2.29. The quantitative estimate of drug-likeness (QED) is 0.278. The monoisotopic (exact) mass is 667 g/mol. The molecule has 1 aromatic heterocycles. The van der Waals surface area contributed by atoms with E-state index in [1.807, 2.05) is 51.3 Å². The van der Waals surface area contributed by atoms with Crippen LogP contribution in [0.5, 0.6) is 0 Å². The maximum absolute atomic E-state index is 13.0. The van der Waals surface area contributed by atoms with Crippen molar-refractivity contribution >= 4 is 18.0 Å². The van der Waals surface area contributed by atoms with Gasteiger partial charge in [-0.25, -0.2) is 14.6 Å². The highest BCUT2D eigenvalue weighted by atomic mass is 16.6. The number of nitrogens with one attached hydrogen (secondary N) is 3. The van der Waals surface area contributed by atoms with Crippen molar-refractivity contribution in [2.75, 3.05) is 19.6 Å². The SMILES string of the molecule is CC(C)(C)OC(=O)N1CCC[C@H]1C1=NCC(c2ccc(-c3ccc4c(c3)CNCc3[nH]c([C@@H]5CCCN5C(=O)OC(C)(C)C)nc3-4)cc2)N1. The van der Waals surface area contributed by atoms with Gasteiger partial charge in [-0.15, -0.1) is 0 Å². The van der Waals surface area contributed by atoms with E-state index in [4.69, 9.17) is 19.5 Å². The van der Waals surface area contributed by atoms with Crippen molar-refractivity contribution in [3.63, 3.8) is 0 Å². The Morgan fingerprint density at radius 2 is 1.45 bits per heavy atom. The summed E-state index contributed by atoms with van der Waals surface area (Å²) in [5.41, 5.74) is 6.67. The van der Waals surface area contributed by atoms with Crippen molar-refractivity contribution in [1.82, 2.24) is 30.4 Å². The number of aliphatic imine (C=N–C) groups is 1. The Kier molecular flexibility index (Phi) is 8.67. The smallest absolute Gasteiger partial charge is 0.410 e. The molecule has 0 aliphatic carbocycles. The molecule has 11 heteroatoms. The van der Waals surface area contributed by atoms with E-state index in [2.05, 4.69) is 58.1 Å².